The number of halogens is 1. The maximum Gasteiger partial charge on any atom is 0.321 e. The van der Waals surface area contributed by atoms with Gasteiger partial charge in [-0.25, -0.2) is 4.79 Å². The largest absolute Gasteiger partial charge is 0.494 e. The maximum atomic E-state index is 12.7. The third-order valence-corrected chi connectivity index (χ3v) is 5.68. The summed E-state index contributed by atoms with van der Waals surface area (Å²) in [5, 5.41) is 12.4. The minimum absolute atomic E-state index is 0.119. The highest BCUT2D eigenvalue weighted by atomic mass is 35.5. The minimum atomic E-state index is -0.119. The number of hydrogen-bond donors (Lipinski definition) is 1. The molecule has 1 aliphatic heterocycles. The molecule has 0 aliphatic carbocycles. The Kier molecular flexibility index (Phi) is 6.75. The Labute approximate surface area is 193 Å². The summed E-state index contributed by atoms with van der Waals surface area (Å²) in [5.41, 5.74) is 3.52. The van der Waals surface area contributed by atoms with Crippen molar-refractivity contribution in [2.45, 2.75) is 13.8 Å². The molecule has 0 atom stereocenters. The number of hydrogen-bond acceptors (Lipinski definition) is 5. The minimum Gasteiger partial charge on any atom is -0.494 e. The zero-order chi connectivity index (χ0) is 22.5. The fourth-order valence-electron chi connectivity index (χ4n) is 3.60. The van der Waals surface area contributed by atoms with Gasteiger partial charge >= 0.3 is 6.03 Å². The van der Waals surface area contributed by atoms with E-state index in [1.54, 1.807) is 11.0 Å². The number of nitrogens with one attached hydrogen (secondary N) is 1. The molecule has 0 unspecified atom stereocenters. The van der Waals surface area contributed by atoms with E-state index >= 15 is 0 Å². The lowest BCUT2D eigenvalue weighted by molar-refractivity contribution is 0.208. The van der Waals surface area contributed by atoms with Crippen LogP contribution in [0.2, 0.25) is 5.02 Å². The van der Waals surface area contributed by atoms with Gasteiger partial charge in [0, 0.05) is 42.5 Å². The number of carbonyl (C=O) groups excluding carboxylic acids is 1. The van der Waals surface area contributed by atoms with E-state index in [0.717, 1.165) is 34.1 Å². The molecule has 2 aromatic carbocycles. The van der Waals surface area contributed by atoms with Gasteiger partial charge in [-0.3, -0.25) is 0 Å². The molecule has 1 aliphatic rings. The second-order valence-corrected chi connectivity index (χ2v) is 8.03. The molecule has 0 spiro atoms. The van der Waals surface area contributed by atoms with Crippen molar-refractivity contribution < 1.29 is 9.53 Å². The molecule has 8 heteroatoms. The number of benzene rings is 2. The van der Waals surface area contributed by atoms with E-state index in [1.807, 2.05) is 62.4 Å². The monoisotopic (exact) mass is 451 g/mol. The molecule has 1 aromatic heterocycles. The fraction of sp³-hybridized carbons (Fsp3) is 0.292. The van der Waals surface area contributed by atoms with E-state index in [4.69, 9.17) is 16.3 Å². The van der Waals surface area contributed by atoms with E-state index in [-0.39, 0.29) is 6.03 Å². The van der Waals surface area contributed by atoms with E-state index in [9.17, 15) is 4.79 Å². The summed E-state index contributed by atoms with van der Waals surface area (Å²) in [6, 6.07) is 17.1. The smallest absolute Gasteiger partial charge is 0.321 e. The van der Waals surface area contributed by atoms with Crippen LogP contribution in [0.4, 0.5) is 16.3 Å². The quantitative estimate of drug-likeness (QED) is 0.600. The van der Waals surface area contributed by atoms with Crippen LogP contribution in [0.15, 0.2) is 54.6 Å². The van der Waals surface area contributed by atoms with Gasteiger partial charge in [-0.15, -0.1) is 10.2 Å². The molecule has 1 saturated heterocycles. The molecule has 2 amide bonds. The third kappa shape index (κ3) is 5.11. The van der Waals surface area contributed by atoms with E-state index < -0.39 is 0 Å². The van der Waals surface area contributed by atoms with Crippen molar-refractivity contribution in [1.29, 1.82) is 0 Å². The Hall–Kier alpha value is -3.32. The molecule has 1 fully saturated rings. The first kappa shape index (κ1) is 21.9. The van der Waals surface area contributed by atoms with Gasteiger partial charge in [0.05, 0.1) is 12.3 Å². The first-order valence-corrected chi connectivity index (χ1v) is 11.1. The summed E-state index contributed by atoms with van der Waals surface area (Å²) in [6.45, 7) is 7.15. The predicted octanol–water partition coefficient (Wildman–Crippen LogP) is 4.86. The highest BCUT2D eigenvalue weighted by molar-refractivity contribution is 6.31. The van der Waals surface area contributed by atoms with Crippen molar-refractivity contribution in [2.75, 3.05) is 43.0 Å². The molecule has 0 bridgehead atoms. The highest BCUT2D eigenvalue weighted by Crippen LogP contribution is 2.23. The van der Waals surface area contributed by atoms with Gasteiger partial charge in [0.2, 0.25) is 0 Å². The van der Waals surface area contributed by atoms with Crippen LogP contribution in [0.25, 0.3) is 11.3 Å². The number of nitrogens with zero attached hydrogens (tertiary/aromatic N) is 4. The zero-order valence-corrected chi connectivity index (χ0v) is 19.0. The second kappa shape index (κ2) is 9.87. The Balaban J connectivity index is 1.33. The summed E-state index contributed by atoms with van der Waals surface area (Å²) < 4.78 is 5.48. The van der Waals surface area contributed by atoms with Crippen LogP contribution < -0.4 is 15.0 Å². The van der Waals surface area contributed by atoms with Crippen LogP contribution in [0, 0.1) is 6.92 Å². The standard InChI is InChI=1S/C24H26ClN5O2/c1-3-32-20-8-5-18(6-9-20)21-10-11-23(28-27-21)29-12-14-30(15-13-29)24(31)26-22-16-19(25)7-4-17(22)2/h4-11,16H,3,12-15H2,1-2H3,(H,26,31). The van der Waals surface area contributed by atoms with Crippen LogP contribution in [-0.2, 0) is 0 Å². The molecule has 4 rings (SSSR count). The molecule has 1 N–H and O–H groups in total. The van der Waals surface area contributed by atoms with Gasteiger partial charge < -0.3 is 19.9 Å². The van der Waals surface area contributed by atoms with Crippen LogP contribution in [-0.4, -0.2) is 53.9 Å². The van der Waals surface area contributed by atoms with Crippen molar-refractivity contribution in [3.05, 3.63) is 65.2 Å². The normalized spacial score (nSPS) is 13.7. The number of urea groups is 1. The fourth-order valence-corrected chi connectivity index (χ4v) is 3.77. The number of carbonyl (C=O) groups is 1. The number of ether oxygens (including phenoxy) is 1. The SMILES string of the molecule is CCOc1ccc(-c2ccc(N3CCN(C(=O)Nc4cc(Cl)ccc4C)CC3)nn2)cc1. The number of anilines is 2. The summed E-state index contributed by atoms with van der Waals surface area (Å²) in [5.74, 6) is 1.65. The van der Waals surface area contributed by atoms with E-state index in [0.29, 0.717) is 37.8 Å². The predicted molar refractivity (Wildman–Crippen MR) is 128 cm³/mol. The molecular formula is C24H26ClN5O2. The lowest BCUT2D eigenvalue weighted by Gasteiger charge is -2.35. The van der Waals surface area contributed by atoms with Crippen molar-refractivity contribution in [1.82, 2.24) is 15.1 Å². The molecule has 2 heterocycles. The average molecular weight is 452 g/mol. The van der Waals surface area contributed by atoms with Crippen LogP contribution in [0.5, 0.6) is 5.75 Å². The van der Waals surface area contributed by atoms with Gasteiger partial charge in [0.15, 0.2) is 5.82 Å². The molecule has 32 heavy (non-hydrogen) atoms. The summed E-state index contributed by atoms with van der Waals surface area (Å²) >= 11 is 6.05. The topological polar surface area (TPSA) is 70.6 Å². The number of amides is 2. The number of aromatic nitrogens is 2. The van der Waals surface area contributed by atoms with Crippen molar-refractivity contribution >= 4 is 29.1 Å². The molecule has 7 nitrogen and oxygen atoms in total. The number of aryl methyl sites for hydroxylation is 1. The number of rotatable bonds is 5. The molecule has 0 saturated carbocycles. The van der Waals surface area contributed by atoms with Gasteiger partial charge in [0.25, 0.3) is 0 Å². The molecule has 0 radical (unpaired) electrons. The second-order valence-electron chi connectivity index (χ2n) is 7.60. The average Bonchev–Trinajstić information content (AvgIpc) is 2.82. The Morgan fingerprint density at radius 2 is 1.78 bits per heavy atom. The highest BCUT2D eigenvalue weighted by Gasteiger charge is 2.22. The molecular weight excluding hydrogens is 426 g/mol. The Bertz CT molecular complexity index is 1060. The van der Waals surface area contributed by atoms with Crippen LogP contribution in [0.1, 0.15) is 12.5 Å². The lowest BCUT2D eigenvalue weighted by Crippen LogP contribution is -2.50. The molecule has 3 aromatic rings. The molecule has 166 valence electrons. The summed E-state index contributed by atoms with van der Waals surface area (Å²) in [6.07, 6.45) is 0. The third-order valence-electron chi connectivity index (χ3n) is 5.44. The zero-order valence-electron chi connectivity index (χ0n) is 18.2. The number of piperazine rings is 1. The van der Waals surface area contributed by atoms with Gasteiger partial charge in [-0.2, -0.15) is 0 Å². The Morgan fingerprint density at radius 3 is 2.44 bits per heavy atom. The first-order valence-electron chi connectivity index (χ1n) is 10.7. The van der Waals surface area contributed by atoms with Crippen LogP contribution in [0.3, 0.4) is 0 Å². The van der Waals surface area contributed by atoms with E-state index in [2.05, 4.69) is 20.4 Å². The summed E-state index contributed by atoms with van der Waals surface area (Å²) in [7, 11) is 0. The lowest BCUT2D eigenvalue weighted by atomic mass is 10.1. The van der Waals surface area contributed by atoms with Gasteiger partial charge in [-0.1, -0.05) is 17.7 Å². The van der Waals surface area contributed by atoms with Crippen molar-refractivity contribution in [2.24, 2.45) is 0 Å². The van der Waals surface area contributed by atoms with E-state index in [1.165, 1.54) is 0 Å². The van der Waals surface area contributed by atoms with Crippen molar-refractivity contribution in [3.8, 4) is 17.0 Å². The van der Waals surface area contributed by atoms with Crippen LogP contribution >= 0.6 is 11.6 Å². The van der Waals surface area contributed by atoms with Gasteiger partial charge in [-0.05, 0) is 67.9 Å². The maximum absolute atomic E-state index is 12.7. The van der Waals surface area contributed by atoms with Gasteiger partial charge in [0.1, 0.15) is 5.75 Å². The van der Waals surface area contributed by atoms with Crippen molar-refractivity contribution in [3.63, 3.8) is 0 Å². The summed E-state index contributed by atoms with van der Waals surface area (Å²) in [4.78, 5) is 16.6. The Morgan fingerprint density at radius 1 is 1.03 bits per heavy atom. The first-order chi connectivity index (χ1) is 15.5.